The fourth-order valence-corrected chi connectivity index (χ4v) is 2.44. The number of benzene rings is 1. The zero-order chi connectivity index (χ0) is 16.3. The Hall–Kier alpha value is -2.28. The van der Waals surface area contributed by atoms with Crippen LogP contribution in [0.5, 0.6) is 11.5 Å². The average molecular weight is 367 g/mol. The van der Waals surface area contributed by atoms with Crippen LogP contribution in [0.4, 0.5) is 4.79 Å². The van der Waals surface area contributed by atoms with Crippen molar-refractivity contribution < 1.29 is 19.4 Å². The van der Waals surface area contributed by atoms with Gasteiger partial charge in [0.1, 0.15) is 5.70 Å². The highest BCUT2D eigenvalue weighted by Gasteiger charge is 2.32. The van der Waals surface area contributed by atoms with Gasteiger partial charge in [-0.25, -0.2) is 4.79 Å². The molecule has 0 spiro atoms. The Morgan fingerprint density at radius 2 is 2.18 bits per heavy atom. The summed E-state index contributed by atoms with van der Waals surface area (Å²) >= 11 is 3.22. The number of hydrogen-bond acceptors (Lipinski definition) is 4. The van der Waals surface area contributed by atoms with Crippen molar-refractivity contribution in [3.63, 3.8) is 0 Å². The molecule has 1 heterocycles. The average Bonchev–Trinajstić information content (AvgIpc) is 2.72. The van der Waals surface area contributed by atoms with Gasteiger partial charge < -0.3 is 15.2 Å². The summed E-state index contributed by atoms with van der Waals surface area (Å²) in [5.74, 6) is -0.144. The van der Waals surface area contributed by atoms with E-state index in [1.807, 2.05) is 0 Å². The lowest BCUT2D eigenvalue weighted by Gasteiger charge is -2.09. The highest BCUT2D eigenvalue weighted by Crippen LogP contribution is 2.36. The van der Waals surface area contributed by atoms with Gasteiger partial charge >= 0.3 is 6.03 Å². The van der Waals surface area contributed by atoms with Gasteiger partial charge in [0.05, 0.1) is 11.1 Å². The first-order valence-electron chi connectivity index (χ1n) is 6.58. The molecule has 0 aliphatic carbocycles. The quantitative estimate of drug-likeness (QED) is 0.477. The first kappa shape index (κ1) is 16.1. The third-order valence-electron chi connectivity index (χ3n) is 2.94. The number of hydrogen-bond donors (Lipinski definition) is 2. The van der Waals surface area contributed by atoms with Crippen LogP contribution in [0.3, 0.4) is 0 Å². The summed E-state index contributed by atoms with van der Waals surface area (Å²) in [7, 11) is 0. The molecule has 0 radical (unpaired) electrons. The minimum absolute atomic E-state index is 0.0148. The summed E-state index contributed by atoms with van der Waals surface area (Å²) in [5.41, 5.74) is 0.768. The van der Waals surface area contributed by atoms with Gasteiger partial charge in [0.2, 0.25) is 0 Å². The third-order valence-corrected chi connectivity index (χ3v) is 3.54. The Kier molecular flexibility index (Phi) is 4.87. The number of phenols is 1. The molecule has 0 aromatic heterocycles. The van der Waals surface area contributed by atoms with E-state index in [2.05, 4.69) is 27.8 Å². The van der Waals surface area contributed by atoms with Crippen LogP contribution in [0.15, 0.2) is 35.0 Å². The SMILES string of the molecule is C=CCN1C(=O)N/C(=C/c2cc(Br)c(O)c(OCC)c2)C1=O. The van der Waals surface area contributed by atoms with Crippen molar-refractivity contribution in [3.8, 4) is 11.5 Å². The van der Waals surface area contributed by atoms with Crippen LogP contribution >= 0.6 is 15.9 Å². The Balaban J connectivity index is 2.35. The smallest absolute Gasteiger partial charge is 0.329 e. The second-order valence-electron chi connectivity index (χ2n) is 4.48. The Morgan fingerprint density at radius 1 is 1.45 bits per heavy atom. The van der Waals surface area contributed by atoms with E-state index >= 15 is 0 Å². The number of phenolic OH excluding ortho intramolecular Hbond substituents is 1. The van der Waals surface area contributed by atoms with Crippen LogP contribution in [-0.2, 0) is 4.79 Å². The van der Waals surface area contributed by atoms with E-state index in [1.165, 1.54) is 12.2 Å². The van der Waals surface area contributed by atoms with E-state index in [-0.39, 0.29) is 18.0 Å². The summed E-state index contributed by atoms with van der Waals surface area (Å²) < 4.78 is 5.76. The molecule has 1 aromatic rings. The lowest BCUT2D eigenvalue weighted by molar-refractivity contribution is -0.122. The van der Waals surface area contributed by atoms with Gasteiger partial charge in [0, 0.05) is 6.54 Å². The van der Waals surface area contributed by atoms with E-state index in [9.17, 15) is 14.7 Å². The monoisotopic (exact) mass is 366 g/mol. The number of ether oxygens (including phenoxy) is 1. The molecular formula is C15H15BrN2O4. The van der Waals surface area contributed by atoms with Gasteiger partial charge in [-0.1, -0.05) is 6.08 Å². The summed E-state index contributed by atoms with van der Waals surface area (Å²) in [5, 5.41) is 12.4. The Morgan fingerprint density at radius 3 is 2.82 bits per heavy atom. The van der Waals surface area contributed by atoms with Gasteiger partial charge in [0.25, 0.3) is 5.91 Å². The molecule has 1 aromatic carbocycles. The van der Waals surface area contributed by atoms with E-state index in [0.29, 0.717) is 22.4 Å². The van der Waals surface area contributed by atoms with Crippen molar-refractivity contribution in [2.75, 3.05) is 13.2 Å². The van der Waals surface area contributed by atoms with E-state index in [1.54, 1.807) is 19.1 Å². The van der Waals surface area contributed by atoms with Crippen molar-refractivity contribution in [1.29, 1.82) is 0 Å². The lowest BCUT2D eigenvalue weighted by atomic mass is 10.1. The standard InChI is InChI=1S/C15H15BrN2O4/c1-3-5-18-14(20)11(17-15(18)21)7-9-6-10(16)13(19)12(8-9)22-4-2/h3,6-8,19H,1,4-5H2,2H3,(H,17,21)/b11-7+. The van der Waals surface area contributed by atoms with Gasteiger partial charge in [0.15, 0.2) is 11.5 Å². The molecule has 0 bridgehead atoms. The first-order valence-corrected chi connectivity index (χ1v) is 7.38. The number of urea groups is 1. The summed E-state index contributed by atoms with van der Waals surface area (Å²) in [4.78, 5) is 24.9. The fourth-order valence-electron chi connectivity index (χ4n) is 1.98. The topological polar surface area (TPSA) is 78.9 Å². The number of nitrogens with one attached hydrogen (secondary N) is 1. The molecule has 1 aliphatic heterocycles. The van der Waals surface area contributed by atoms with Crippen LogP contribution in [0, 0.1) is 0 Å². The van der Waals surface area contributed by atoms with Crippen LogP contribution in [0.25, 0.3) is 6.08 Å². The number of nitrogens with zero attached hydrogens (tertiary/aromatic N) is 1. The maximum absolute atomic E-state index is 12.1. The predicted molar refractivity (Wildman–Crippen MR) is 85.4 cm³/mol. The number of aromatic hydroxyl groups is 1. The van der Waals surface area contributed by atoms with Crippen LogP contribution in [0.2, 0.25) is 0 Å². The summed E-state index contributed by atoms with van der Waals surface area (Å²) in [6.45, 7) is 5.85. The molecule has 3 amide bonds. The number of carbonyl (C=O) groups excluding carboxylic acids is 2. The van der Waals surface area contributed by atoms with Gasteiger partial charge in [-0.2, -0.15) is 0 Å². The fraction of sp³-hybridized carbons (Fsp3) is 0.200. The normalized spacial score (nSPS) is 16.1. The molecule has 7 heteroatoms. The largest absolute Gasteiger partial charge is 0.503 e. The number of carbonyl (C=O) groups is 2. The second kappa shape index (κ2) is 6.65. The highest BCUT2D eigenvalue weighted by atomic mass is 79.9. The van der Waals surface area contributed by atoms with Gasteiger partial charge in [-0.15, -0.1) is 6.58 Å². The van der Waals surface area contributed by atoms with Crippen LogP contribution in [0.1, 0.15) is 12.5 Å². The van der Waals surface area contributed by atoms with Crippen molar-refractivity contribution in [2.24, 2.45) is 0 Å². The van der Waals surface area contributed by atoms with Crippen molar-refractivity contribution in [1.82, 2.24) is 10.2 Å². The van der Waals surface area contributed by atoms with E-state index in [0.717, 1.165) is 4.90 Å². The van der Waals surface area contributed by atoms with Crippen molar-refractivity contribution >= 4 is 33.9 Å². The molecule has 22 heavy (non-hydrogen) atoms. The van der Waals surface area contributed by atoms with Crippen LogP contribution in [-0.4, -0.2) is 35.1 Å². The zero-order valence-corrected chi connectivity index (χ0v) is 13.5. The van der Waals surface area contributed by atoms with Gasteiger partial charge in [-0.3, -0.25) is 9.69 Å². The molecule has 0 saturated carbocycles. The van der Waals surface area contributed by atoms with Gasteiger partial charge in [-0.05, 0) is 46.6 Å². The molecule has 6 nitrogen and oxygen atoms in total. The van der Waals surface area contributed by atoms with Crippen molar-refractivity contribution in [3.05, 3.63) is 40.5 Å². The number of amides is 3. The maximum atomic E-state index is 12.1. The van der Waals surface area contributed by atoms with E-state index < -0.39 is 11.9 Å². The molecule has 1 fully saturated rings. The number of rotatable bonds is 5. The Bertz CT molecular complexity index is 670. The summed E-state index contributed by atoms with van der Waals surface area (Å²) in [6.07, 6.45) is 3.00. The number of imide groups is 1. The van der Waals surface area contributed by atoms with E-state index in [4.69, 9.17) is 4.74 Å². The predicted octanol–water partition coefficient (Wildman–Crippen LogP) is 2.63. The zero-order valence-electron chi connectivity index (χ0n) is 11.9. The molecule has 2 rings (SSSR count). The molecule has 0 unspecified atom stereocenters. The minimum atomic E-state index is -0.487. The second-order valence-corrected chi connectivity index (χ2v) is 5.33. The molecule has 1 saturated heterocycles. The Labute approximate surface area is 136 Å². The van der Waals surface area contributed by atoms with Crippen LogP contribution < -0.4 is 10.1 Å². The molecule has 116 valence electrons. The number of halogens is 1. The molecule has 1 aliphatic rings. The lowest BCUT2D eigenvalue weighted by Crippen LogP contribution is -2.30. The molecule has 0 atom stereocenters. The first-order chi connectivity index (χ1) is 10.5. The minimum Gasteiger partial charge on any atom is -0.503 e. The molecular weight excluding hydrogens is 352 g/mol. The maximum Gasteiger partial charge on any atom is 0.329 e. The highest BCUT2D eigenvalue weighted by molar-refractivity contribution is 9.10. The third kappa shape index (κ3) is 3.14. The summed E-state index contributed by atoms with van der Waals surface area (Å²) in [6, 6.07) is 2.73. The molecule has 2 N–H and O–H groups in total. The van der Waals surface area contributed by atoms with Crippen molar-refractivity contribution in [2.45, 2.75) is 6.92 Å².